The Balaban J connectivity index is 1.86. The second-order valence-electron chi connectivity index (χ2n) is 7.34. The van der Waals surface area contributed by atoms with Crippen LogP contribution in [0.1, 0.15) is 32.4 Å². The molecule has 0 aromatic heterocycles. The summed E-state index contributed by atoms with van der Waals surface area (Å²) in [6.45, 7) is 7.43. The molecule has 1 atom stereocenters. The van der Waals surface area contributed by atoms with Crippen LogP contribution in [0.25, 0.3) is 0 Å². The fourth-order valence-corrected chi connectivity index (χ4v) is 2.67. The molecule has 1 aromatic carbocycles. The molecule has 0 saturated carbocycles. The minimum atomic E-state index is -0.988. The Labute approximate surface area is 163 Å². The highest BCUT2D eigenvalue weighted by atomic mass is 35.5. The van der Waals surface area contributed by atoms with Gasteiger partial charge >= 0.3 is 6.09 Å². The average Bonchev–Trinajstić information content (AvgIpc) is 2.60. The molecule has 0 radical (unpaired) electrons. The molecular weight excluding hydrogens is 375 g/mol. The lowest BCUT2D eigenvalue weighted by Crippen LogP contribution is -2.53. The molecule has 0 spiro atoms. The van der Waals surface area contributed by atoms with Crippen molar-refractivity contribution in [1.82, 2.24) is 9.80 Å². The third-order valence-electron chi connectivity index (χ3n) is 4.01. The molecule has 1 unspecified atom stereocenters. The van der Waals surface area contributed by atoms with Gasteiger partial charge in [0.05, 0.1) is 17.7 Å². The third-order valence-corrected chi connectivity index (χ3v) is 4.32. The SMILES string of the molecule is CC(C)(C)OC(=O)N1CCN(C(N)=NCC(O)c2ccc(Cl)c(F)c2)CC1. The van der Waals surface area contributed by atoms with Gasteiger partial charge in [-0.1, -0.05) is 17.7 Å². The first kappa shape index (κ1) is 21.2. The zero-order valence-corrected chi connectivity index (χ0v) is 16.5. The standard InChI is InChI=1S/C18H26ClFN4O3/c1-18(2,3)27-17(26)24-8-6-23(7-9-24)16(21)22-11-15(25)12-4-5-13(19)14(20)10-12/h4-5,10,15,25H,6-9,11H2,1-3H3,(H2,21,22). The van der Waals surface area contributed by atoms with Gasteiger partial charge in [0.2, 0.25) is 0 Å². The first-order valence-corrected chi connectivity index (χ1v) is 9.10. The Bertz CT molecular complexity index is 700. The number of hydrogen-bond donors (Lipinski definition) is 2. The zero-order valence-electron chi connectivity index (χ0n) is 15.8. The van der Waals surface area contributed by atoms with Crippen molar-refractivity contribution in [3.8, 4) is 0 Å². The number of benzene rings is 1. The van der Waals surface area contributed by atoms with Crippen molar-refractivity contribution in [2.24, 2.45) is 10.7 Å². The number of halogens is 2. The number of nitrogens with two attached hydrogens (primary N) is 1. The van der Waals surface area contributed by atoms with Gasteiger partial charge in [-0.3, -0.25) is 4.99 Å². The lowest BCUT2D eigenvalue weighted by molar-refractivity contribution is 0.0186. The minimum Gasteiger partial charge on any atom is -0.444 e. The van der Waals surface area contributed by atoms with Gasteiger partial charge < -0.3 is 25.4 Å². The van der Waals surface area contributed by atoms with E-state index >= 15 is 0 Å². The maximum atomic E-state index is 13.5. The zero-order chi connectivity index (χ0) is 20.2. The van der Waals surface area contributed by atoms with Crippen molar-refractivity contribution in [1.29, 1.82) is 0 Å². The first-order chi connectivity index (χ1) is 12.6. The van der Waals surface area contributed by atoms with Crippen molar-refractivity contribution < 1.29 is 19.0 Å². The first-order valence-electron chi connectivity index (χ1n) is 8.72. The highest BCUT2D eigenvalue weighted by Gasteiger charge is 2.26. The summed E-state index contributed by atoms with van der Waals surface area (Å²) >= 11 is 5.64. The molecule has 1 amide bonds. The van der Waals surface area contributed by atoms with E-state index in [4.69, 9.17) is 22.1 Å². The van der Waals surface area contributed by atoms with Crippen LogP contribution in [0.15, 0.2) is 23.2 Å². The van der Waals surface area contributed by atoms with E-state index in [2.05, 4.69) is 4.99 Å². The van der Waals surface area contributed by atoms with Crippen LogP contribution in [0.5, 0.6) is 0 Å². The molecule has 9 heteroatoms. The van der Waals surface area contributed by atoms with E-state index in [0.717, 1.165) is 0 Å². The molecule has 1 aromatic rings. The Morgan fingerprint density at radius 1 is 1.33 bits per heavy atom. The molecule has 0 bridgehead atoms. The molecule has 27 heavy (non-hydrogen) atoms. The maximum Gasteiger partial charge on any atom is 0.410 e. The van der Waals surface area contributed by atoms with Crippen molar-refractivity contribution >= 4 is 23.7 Å². The predicted molar refractivity (Wildman–Crippen MR) is 102 cm³/mol. The number of hydrogen-bond acceptors (Lipinski definition) is 4. The molecule has 2 rings (SSSR count). The van der Waals surface area contributed by atoms with Crippen LogP contribution in [0.3, 0.4) is 0 Å². The molecule has 0 aliphatic carbocycles. The smallest absolute Gasteiger partial charge is 0.410 e. The van der Waals surface area contributed by atoms with E-state index in [1.165, 1.54) is 12.1 Å². The van der Waals surface area contributed by atoms with Crippen LogP contribution < -0.4 is 5.73 Å². The summed E-state index contributed by atoms with van der Waals surface area (Å²) < 4.78 is 18.8. The number of piperazine rings is 1. The van der Waals surface area contributed by atoms with Crippen LogP contribution in [-0.2, 0) is 4.74 Å². The van der Waals surface area contributed by atoms with Crippen molar-refractivity contribution in [3.05, 3.63) is 34.6 Å². The molecule has 7 nitrogen and oxygen atoms in total. The number of ether oxygens (including phenoxy) is 1. The number of aliphatic imine (C=N–C) groups is 1. The van der Waals surface area contributed by atoms with E-state index in [1.807, 2.05) is 25.7 Å². The Hall–Kier alpha value is -2.06. The second-order valence-corrected chi connectivity index (χ2v) is 7.75. The molecule has 3 N–H and O–H groups in total. The van der Waals surface area contributed by atoms with Crippen LogP contribution in [0.2, 0.25) is 5.02 Å². The fraction of sp³-hybridized carbons (Fsp3) is 0.556. The molecule has 1 aliphatic rings. The van der Waals surface area contributed by atoms with Gasteiger partial charge in [-0.05, 0) is 38.5 Å². The number of aliphatic hydroxyl groups is 1. The molecule has 1 aliphatic heterocycles. The van der Waals surface area contributed by atoms with Crippen LogP contribution in [-0.4, -0.2) is 65.3 Å². The van der Waals surface area contributed by atoms with Crippen molar-refractivity contribution in [2.45, 2.75) is 32.5 Å². The number of amides is 1. The van der Waals surface area contributed by atoms with E-state index in [1.54, 1.807) is 11.0 Å². The normalized spacial score (nSPS) is 17.0. The second kappa shape index (κ2) is 8.75. The van der Waals surface area contributed by atoms with E-state index in [9.17, 15) is 14.3 Å². The number of carbonyl (C=O) groups is 1. The maximum absolute atomic E-state index is 13.5. The number of guanidine groups is 1. The van der Waals surface area contributed by atoms with Gasteiger partial charge in [-0.15, -0.1) is 0 Å². The summed E-state index contributed by atoms with van der Waals surface area (Å²) in [5, 5.41) is 10.1. The lowest BCUT2D eigenvalue weighted by Gasteiger charge is -2.36. The Morgan fingerprint density at radius 2 is 1.93 bits per heavy atom. The summed E-state index contributed by atoms with van der Waals surface area (Å²) in [6.07, 6.45) is -1.34. The van der Waals surface area contributed by atoms with Gasteiger partial charge in [0, 0.05) is 26.2 Å². The summed E-state index contributed by atoms with van der Waals surface area (Å²) in [5.41, 5.74) is 5.83. The van der Waals surface area contributed by atoms with Gasteiger partial charge in [0.25, 0.3) is 0 Å². The largest absolute Gasteiger partial charge is 0.444 e. The Morgan fingerprint density at radius 3 is 2.48 bits per heavy atom. The number of carbonyl (C=O) groups excluding carboxylic acids is 1. The molecule has 150 valence electrons. The molecular formula is C18H26ClFN4O3. The number of aliphatic hydroxyl groups excluding tert-OH is 1. The summed E-state index contributed by atoms with van der Waals surface area (Å²) in [4.78, 5) is 19.7. The van der Waals surface area contributed by atoms with Gasteiger partial charge in [-0.25, -0.2) is 9.18 Å². The average molecular weight is 401 g/mol. The summed E-state index contributed by atoms with van der Waals surface area (Å²) in [5.74, 6) is -0.323. The highest BCUT2D eigenvalue weighted by Crippen LogP contribution is 2.20. The van der Waals surface area contributed by atoms with Crippen molar-refractivity contribution in [3.63, 3.8) is 0 Å². The van der Waals surface area contributed by atoms with E-state index in [-0.39, 0.29) is 23.6 Å². The van der Waals surface area contributed by atoms with Crippen molar-refractivity contribution in [2.75, 3.05) is 32.7 Å². The van der Waals surface area contributed by atoms with Gasteiger partial charge in [-0.2, -0.15) is 0 Å². The number of rotatable bonds is 3. The Kier molecular flexibility index (Phi) is 6.89. The number of nitrogens with zero attached hydrogens (tertiary/aromatic N) is 3. The monoisotopic (exact) mass is 400 g/mol. The van der Waals surface area contributed by atoms with Crippen LogP contribution in [0, 0.1) is 5.82 Å². The summed E-state index contributed by atoms with van der Waals surface area (Å²) in [7, 11) is 0. The molecule has 1 saturated heterocycles. The topological polar surface area (TPSA) is 91.4 Å². The predicted octanol–water partition coefficient (Wildman–Crippen LogP) is 2.38. The summed E-state index contributed by atoms with van der Waals surface area (Å²) in [6, 6.07) is 4.11. The molecule has 1 heterocycles. The molecule has 1 fully saturated rings. The van der Waals surface area contributed by atoms with E-state index in [0.29, 0.717) is 31.7 Å². The van der Waals surface area contributed by atoms with Gasteiger partial charge in [0.15, 0.2) is 5.96 Å². The quantitative estimate of drug-likeness (QED) is 0.600. The lowest BCUT2D eigenvalue weighted by atomic mass is 10.1. The fourth-order valence-electron chi connectivity index (χ4n) is 2.55. The van der Waals surface area contributed by atoms with Crippen LogP contribution >= 0.6 is 11.6 Å². The van der Waals surface area contributed by atoms with Crippen LogP contribution in [0.4, 0.5) is 9.18 Å². The third kappa shape index (κ3) is 6.25. The highest BCUT2D eigenvalue weighted by molar-refractivity contribution is 6.30. The van der Waals surface area contributed by atoms with E-state index < -0.39 is 17.5 Å². The van der Waals surface area contributed by atoms with Gasteiger partial charge in [0.1, 0.15) is 11.4 Å². The minimum absolute atomic E-state index is 0.000808.